The number of imidazole rings is 1. The molecule has 1 aromatic carbocycles. The second-order valence-corrected chi connectivity index (χ2v) is 6.47. The standard InChI is InChI=1S/C21H20N4O4/c1-14(12-16-7-5-6-15(23-16)10-11-20(26)29-2)21-22-13-18(24-21)17-8-3-4-9-19(17)25(27)28/h3-11,13-14H,12H2,1-2H3,(H,22,24)/b11-10+. The maximum absolute atomic E-state index is 11.3. The summed E-state index contributed by atoms with van der Waals surface area (Å²) in [4.78, 5) is 34.2. The number of benzene rings is 1. The van der Waals surface area contributed by atoms with Crippen molar-refractivity contribution >= 4 is 17.7 Å². The van der Waals surface area contributed by atoms with Gasteiger partial charge in [0.2, 0.25) is 0 Å². The summed E-state index contributed by atoms with van der Waals surface area (Å²) in [5, 5.41) is 11.3. The van der Waals surface area contributed by atoms with E-state index >= 15 is 0 Å². The molecule has 1 N–H and O–H groups in total. The van der Waals surface area contributed by atoms with Crippen LogP contribution in [-0.2, 0) is 16.0 Å². The molecule has 0 aliphatic rings. The van der Waals surface area contributed by atoms with E-state index in [9.17, 15) is 14.9 Å². The number of nitro benzene ring substituents is 1. The van der Waals surface area contributed by atoms with E-state index in [0.29, 0.717) is 23.4 Å². The van der Waals surface area contributed by atoms with E-state index in [1.54, 1.807) is 36.5 Å². The van der Waals surface area contributed by atoms with Crippen LogP contribution in [0.3, 0.4) is 0 Å². The molecule has 0 spiro atoms. The van der Waals surface area contributed by atoms with Crippen LogP contribution in [0.25, 0.3) is 17.3 Å². The minimum atomic E-state index is -0.441. The predicted molar refractivity (Wildman–Crippen MR) is 108 cm³/mol. The first-order valence-corrected chi connectivity index (χ1v) is 8.98. The van der Waals surface area contributed by atoms with E-state index in [-0.39, 0.29) is 11.6 Å². The molecule has 3 aromatic rings. The van der Waals surface area contributed by atoms with Gasteiger partial charge in [-0.25, -0.2) is 9.78 Å². The van der Waals surface area contributed by atoms with Crippen molar-refractivity contribution < 1.29 is 14.5 Å². The van der Waals surface area contributed by atoms with Crippen LogP contribution >= 0.6 is 0 Å². The van der Waals surface area contributed by atoms with Crippen LogP contribution in [0.15, 0.2) is 54.7 Å². The third-order valence-corrected chi connectivity index (χ3v) is 4.39. The zero-order valence-corrected chi connectivity index (χ0v) is 16.0. The summed E-state index contributed by atoms with van der Waals surface area (Å²) in [6.07, 6.45) is 5.14. The van der Waals surface area contributed by atoms with Gasteiger partial charge >= 0.3 is 5.97 Å². The second-order valence-electron chi connectivity index (χ2n) is 6.47. The molecule has 3 rings (SSSR count). The summed E-state index contributed by atoms with van der Waals surface area (Å²) in [5.74, 6) is 0.290. The molecule has 0 saturated heterocycles. The van der Waals surface area contributed by atoms with Gasteiger partial charge in [-0.2, -0.15) is 0 Å². The van der Waals surface area contributed by atoms with Crippen LogP contribution in [0.1, 0.15) is 30.1 Å². The molecular weight excluding hydrogens is 372 g/mol. The number of aromatic amines is 1. The summed E-state index contributed by atoms with van der Waals surface area (Å²) in [6, 6.07) is 12.1. The highest BCUT2D eigenvalue weighted by Gasteiger charge is 2.18. The molecule has 1 unspecified atom stereocenters. The van der Waals surface area contributed by atoms with Gasteiger partial charge in [-0.15, -0.1) is 0 Å². The van der Waals surface area contributed by atoms with E-state index in [4.69, 9.17) is 0 Å². The summed E-state index contributed by atoms with van der Waals surface area (Å²) in [7, 11) is 1.32. The van der Waals surface area contributed by atoms with Crippen LogP contribution in [0.4, 0.5) is 5.69 Å². The normalized spacial score (nSPS) is 12.1. The largest absolute Gasteiger partial charge is 0.466 e. The van der Waals surface area contributed by atoms with Crippen LogP contribution in [-0.4, -0.2) is 33.0 Å². The molecule has 0 saturated carbocycles. The lowest BCUT2D eigenvalue weighted by Crippen LogP contribution is -2.03. The first-order chi connectivity index (χ1) is 14.0. The fraction of sp³-hybridized carbons (Fsp3) is 0.190. The Morgan fingerprint density at radius 1 is 1.28 bits per heavy atom. The third kappa shape index (κ3) is 4.92. The SMILES string of the molecule is COC(=O)/C=C/c1cccc(CC(C)c2ncc(-c3ccccc3[N+](=O)[O-])[nH]2)n1. The number of nitrogens with zero attached hydrogens (tertiary/aromatic N) is 3. The number of para-hydroxylation sites is 1. The number of nitrogens with one attached hydrogen (secondary N) is 1. The highest BCUT2D eigenvalue weighted by molar-refractivity contribution is 5.86. The number of hydrogen-bond acceptors (Lipinski definition) is 6. The zero-order valence-electron chi connectivity index (χ0n) is 16.0. The molecule has 2 aromatic heterocycles. The average Bonchev–Trinajstić information content (AvgIpc) is 3.22. The number of methoxy groups -OCH3 is 1. The minimum absolute atomic E-state index is 0.0128. The molecule has 0 radical (unpaired) electrons. The summed E-state index contributed by atoms with van der Waals surface area (Å²) < 4.78 is 4.58. The van der Waals surface area contributed by atoms with Crippen molar-refractivity contribution in [2.75, 3.05) is 7.11 Å². The van der Waals surface area contributed by atoms with Crippen LogP contribution in [0.2, 0.25) is 0 Å². The van der Waals surface area contributed by atoms with Crippen molar-refractivity contribution in [1.29, 1.82) is 0 Å². The number of carbonyl (C=O) groups is 1. The number of rotatable bonds is 7. The quantitative estimate of drug-likeness (QED) is 0.282. The van der Waals surface area contributed by atoms with Gasteiger partial charge in [0.15, 0.2) is 0 Å². The number of nitro groups is 1. The Hall–Kier alpha value is -3.81. The Morgan fingerprint density at radius 3 is 2.83 bits per heavy atom. The number of aromatic nitrogens is 3. The number of esters is 1. The monoisotopic (exact) mass is 392 g/mol. The maximum Gasteiger partial charge on any atom is 0.330 e. The fourth-order valence-electron chi connectivity index (χ4n) is 2.92. The lowest BCUT2D eigenvalue weighted by molar-refractivity contribution is -0.384. The smallest absolute Gasteiger partial charge is 0.330 e. The van der Waals surface area contributed by atoms with Gasteiger partial charge in [0.05, 0.1) is 35.2 Å². The Balaban J connectivity index is 1.76. The number of ether oxygens (including phenoxy) is 1. The Labute approximate surface area is 167 Å². The van der Waals surface area contributed by atoms with Crippen LogP contribution < -0.4 is 0 Å². The van der Waals surface area contributed by atoms with Gasteiger partial charge in [-0.1, -0.05) is 25.1 Å². The lowest BCUT2D eigenvalue weighted by Gasteiger charge is -2.09. The Kier molecular flexibility index (Phi) is 6.13. The van der Waals surface area contributed by atoms with Crippen molar-refractivity contribution in [2.24, 2.45) is 0 Å². The van der Waals surface area contributed by atoms with Crippen molar-refractivity contribution in [3.63, 3.8) is 0 Å². The first-order valence-electron chi connectivity index (χ1n) is 8.98. The summed E-state index contributed by atoms with van der Waals surface area (Å²) in [5.41, 5.74) is 2.62. The van der Waals surface area contributed by atoms with Gasteiger partial charge in [0.25, 0.3) is 5.69 Å². The van der Waals surface area contributed by atoms with E-state index in [1.807, 2.05) is 19.1 Å². The van der Waals surface area contributed by atoms with E-state index < -0.39 is 10.9 Å². The molecule has 1 atom stereocenters. The van der Waals surface area contributed by atoms with E-state index in [2.05, 4.69) is 19.7 Å². The van der Waals surface area contributed by atoms with Crippen LogP contribution in [0.5, 0.6) is 0 Å². The third-order valence-electron chi connectivity index (χ3n) is 4.39. The highest BCUT2D eigenvalue weighted by Crippen LogP contribution is 2.29. The maximum atomic E-state index is 11.3. The summed E-state index contributed by atoms with van der Waals surface area (Å²) >= 11 is 0. The molecular formula is C21H20N4O4. The Morgan fingerprint density at radius 2 is 2.07 bits per heavy atom. The molecule has 0 fully saturated rings. The van der Waals surface area contributed by atoms with Crippen molar-refractivity contribution in [3.8, 4) is 11.3 Å². The zero-order chi connectivity index (χ0) is 20.8. The van der Waals surface area contributed by atoms with E-state index in [1.165, 1.54) is 19.3 Å². The van der Waals surface area contributed by atoms with Crippen LogP contribution in [0, 0.1) is 10.1 Å². The first kappa shape index (κ1) is 19.9. The van der Waals surface area contributed by atoms with Gasteiger partial charge in [0, 0.05) is 23.8 Å². The molecule has 148 valence electrons. The van der Waals surface area contributed by atoms with Gasteiger partial charge in [0.1, 0.15) is 5.82 Å². The second kappa shape index (κ2) is 8.92. The van der Waals surface area contributed by atoms with Crippen molar-refractivity contribution in [2.45, 2.75) is 19.3 Å². The molecule has 8 heteroatoms. The molecule has 0 aliphatic heterocycles. The molecule has 0 aliphatic carbocycles. The molecule has 2 heterocycles. The predicted octanol–water partition coefficient (Wildman–Crippen LogP) is 3.91. The van der Waals surface area contributed by atoms with Crippen molar-refractivity contribution in [1.82, 2.24) is 15.0 Å². The molecule has 0 bridgehead atoms. The molecule has 8 nitrogen and oxygen atoms in total. The minimum Gasteiger partial charge on any atom is -0.466 e. The fourth-order valence-corrected chi connectivity index (χ4v) is 2.92. The van der Waals surface area contributed by atoms with Crippen molar-refractivity contribution in [3.05, 3.63) is 82.1 Å². The topological polar surface area (TPSA) is 111 Å². The highest BCUT2D eigenvalue weighted by atomic mass is 16.6. The number of carbonyl (C=O) groups excluding carboxylic acids is 1. The number of H-pyrrole nitrogens is 1. The molecule has 0 amide bonds. The van der Waals surface area contributed by atoms with Gasteiger partial charge < -0.3 is 9.72 Å². The number of hydrogen-bond donors (Lipinski definition) is 1. The average molecular weight is 392 g/mol. The molecule has 29 heavy (non-hydrogen) atoms. The van der Waals surface area contributed by atoms with Gasteiger partial charge in [-0.3, -0.25) is 15.1 Å². The lowest BCUT2D eigenvalue weighted by atomic mass is 10.0. The van der Waals surface area contributed by atoms with Gasteiger partial charge in [-0.05, 0) is 30.7 Å². The number of pyridine rings is 1. The summed E-state index contributed by atoms with van der Waals surface area (Å²) in [6.45, 7) is 2.00. The Bertz CT molecular complexity index is 1060. The van der Waals surface area contributed by atoms with E-state index in [0.717, 1.165) is 11.5 Å².